The van der Waals surface area contributed by atoms with Gasteiger partial charge in [-0.05, 0) is 24.3 Å². The van der Waals surface area contributed by atoms with E-state index in [1.807, 2.05) is 30.3 Å². The minimum atomic E-state index is -0.598. The zero-order chi connectivity index (χ0) is 18.6. The number of rotatable bonds is 4. The maximum atomic E-state index is 14.0. The van der Waals surface area contributed by atoms with E-state index in [1.54, 1.807) is 12.1 Å². The molecule has 1 aromatic heterocycles. The molecule has 0 radical (unpaired) electrons. The highest BCUT2D eigenvalue weighted by atomic mass is 19.1. The van der Waals surface area contributed by atoms with Crippen molar-refractivity contribution in [1.29, 1.82) is 0 Å². The van der Waals surface area contributed by atoms with Crippen LogP contribution in [0.25, 0.3) is 0 Å². The minimum Gasteiger partial charge on any atom is -0.460 e. The van der Waals surface area contributed by atoms with Crippen molar-refractivity contribution in [2.24, 2.45) is 0 Å². The molecule has 2 aromatic carbocycles. The topological polar surface area (TPSA) is 57.7 Å². The average molecular weight is 365 g/mol. The second kappa shape index (κ2) is 7.55. The van der Waals surface area contributed by atoms with Crippen LogP contribution in [-0.2, 0) is 22.7 Å². The van der Waals surface area contributed by atoms with E-state index >= 15 is 0 Å². The normalized spacial score (nSPS) is 15.5. The highest BCUT2D eigenvalue weighted by Crippen LogP contribution is 2.36. The first-order valence-corrected chi connectivity index (χ1v) is 8.42. The number of hydrogen-bond acceptors (Lipinski definition) is 5. The molecule has 0 N–H and O–H groups in total. The fourth-order valence-corrected chi connectivity index (χ4v) is 2.87. The summed E-state index contributed by atoms with van der Waals surface area (Å²) in [6.07, 6.45) is 2.41. The quantitative estimate of drug-likeness (QED) is 0.649. The molecule has 5 nitrogen and oxygen atoms in total. The second-order valence-electron chi connectivity index (χ2n) is 6.04. The molecule has 0 spiro atoms. The molecule has 1 atom stereocenters. The van der Waals surface area contributed by atoms with Crippen molar-refractivity contribution in [3.63, 3.8) is 0 Å². The summed E-state index contributed by atoms with van der Waals surface area (Å²) in [5, 5.41) is 0. The summed E-state index contributed by atoms with van der Waals surface area (Å²) >= 11 is 0. The van der Waals surface area contributed by atoms with Crippen molar-refractivity contribution in [3.05, 3.63) is 95.1 Å². The summed E-state index contributed by atoms with van der Waals surface area (Å²) in [5.74, 6) is -0.463. The van der Waals surface area contributed by atoms with Crippen molar-refractivity contribution in [3.8, 4) is 5.75 Å². The van der Waals surface area contributed by atoms with Gasteiger partial charge in [-0.25, -0.2) is 9.18 Å². The van der Waals surface area contributed by atoms with Crippen molar-refractivity contribution in [2.75, 3.05) is 0 Å². The van der Waals surface area contributed by atoms with Crippen LogP contribution < -0.4 is 4.74 Å². The Morgan fingerprint density at radius 3 is 2.70 bits per heavy atom. The fourth-order valence-electron chi connectivity index (χ4n) is 2.87. The molecule has 0 bridgehead atoms. The van der Waals surface area contributed by atoms with Crippen LogP contribution in [0.3, 0.4) is 0 Å². The molecule has 136 valence electrons. The van der Waals surface area contributed by atoms with E-state index in [0.29, 0.717) is 22.4 Å². The van der Waals surface area contributed by atoms with Gasteiger partial charge in [0.1, 0.15) is 18.2 Å². The van der Waals surface area contributed by atoms with Gasteiger partial charge in [0.15, 0.2) is 0 Å². The number of nitrogens with zero attached hydrogens (tertiary/aromatic N) is 1. The lowest BCUT2D eigenvalue weighted by molar-refractivity contribution is -0.112. The Morgan fingerprint density at radius 2 is 1.93 bits per heavy atom. The number of esters is 1. The Balaban J connectivity index is 1.55. The van der Waals surface area contributed by atoms with Crippen LogP contribution in [-0.4, -0.2) is 11.0 Å². The summed E-state index contributed by atoms with van der Waals surface area (Å²) in [6, 6.07) is 15.2. The van der Waals surface area contributed by atoms with Crippen molar-refractivity contribution < 1.29 is 23.4 Å². The molecule has 1 aliphatic heterocycles. The lowest BCUT2D eigenvalue weighted by Crippen LogP contribution is -2.20. The third kappa shape index (κ3) is 3.80. The van der Waals surface area contributed by atoms with Gasteiger partial charge in [-0.3, -0.25) is 4.98 Å². The zero-order valence-corrected chi connectivity index (χ0v) is 14.3. The van der Waals surface area contributed by atoms with E-state index in [-0.39, 0.29) is 13.2 Å². The predicted octanol–water partition coefficient (Wildman–Crippen LogP) is 4.19. The predicted molar refractivity (Wildman–Crippen MR) is 94.4 cm³/mol. The molecule has 0 unspecified atom stereocenters. The number of pyridine rings is 1. The number of carbonyl (C=O) groups is 1. The van der Waals surface area contributed by atoms with E-state index in [9.17, 15) is 9.18 Å². The van der Waals surface area contributed by atoms with Gasteiger partial charge in [-0.1, -0.05) is 30.3 Å². The minimum absolute atomic E-state index is 0.108. The Hall–Kier alpha value is -3.25. The molecule has 3 aromatic rings. The monoisotopic (exact) mass is 365 g/mol. The average Bonchev–Trinajstić information content (AvgIpc) is 2.72. The van der Waals surface area contributed by atoms with Crippen molar-refractivity contribution in [1.82, 2.24) is 4.98 Å². The first-order valence-electron chi connectivity index (χ1n) is 8.42. The largest absolute Gasteiger partial charge is 0.460 e. The van der Waals surface area contributed by atoms with Crippen LogP contribution >= 0.6 is 0 Å². The first-order chi connectivity index (χ1) is 13.2. The Bertz CT molecular complexity index is 947. The van der Waals surface area contributed by atoms with Crippen LogP contribution in [0.4, 0.5) is 4.39 Å². The van der Waals surface area contributed by atoms with Crippen molar-refractivity contribution >= 4 is 5.97 Å². The second-order valence-corrected chi connectivity index (χ2v) is 6.04. The van der Waals surface area contributed by atoms with E-state index in [0.717, 1.165) is 5.56 Å². The van der Waals surface area contributed by atoms with Gasteiger partial charge in [0, 0.05) is 29.1 Å². The number of aromatic nitrogens is 1. The van der Waals surface area contributed by atoms with Gasteiger partial charge in [0.25, 0.3) is 0 Å². The molecule has 1 aliphatic rings. The summed E-state index contributed by atoms with van der Waals surface area (Å²) in [5.41, 5.74) is 2.27. The zero-order valence-electron chi connectivity index (χ0n) is 14.3. The van der Waals surface area contributed by atoms with Gasteiger partial charge >= 0.3 is 5.97 Å². The van der Waals surface area contributed by atoms with Crippen LogP contribution in [0.15, 0.2) is 67.0 Å². The van der Waals surface area contributed by atoms with E-state index in [2.05, 4.69) is 4.98 Å². The van der Waals surface area contributed by atoms with E-state index < -0.39 is 18.1 Å². The van der Waals surface area contributed by atoms with Crippen LogP contribution in [0, 0.1) is 5.82 Å². The van der Waals surface area contributed by atoms with Gasteiger partial charge in [-0.15, -0.1) is 0 Å². The van der Waals surface area contributed by atoms with Crippen LogP contribution in [0.2, 0.25) is 0 Å². The molecule has 0 saturated carbocycles. The van der Waals surface area contributed by atoms with Crippen LogP contribution in [0.5, 0.6) is 5.75 Å². The standard InChI is InChI=1S/C21H16FNO4/c22-18-10-16(12-25-20(24)14-6-8-23-9-7-14)19-17(11-18)13-26-21(27-19)15-4-2-1-3-5-15/h1-11,21H,12-13H2/t21-/m1/s1. The molecule has 0 fully saturated rings. The SMILES string of the molecule is O=C(OCc1cc(F)cc2c1O[C@H](c1ccccc1)OC2)c1ccncc1. The highest BCUT2D eigenvalue weighted by Gasteiger charge is 2.25. The molecule has 0 amide bonds. The maximum Gasteiger partial charge on any atom is 0.338 e. The lowest BCUT2D eigenvalue weighted by Gasteiger charge is -2.28. The van der Waals surface area contributed by atoms with E-state index in [1.165, 1.54) is 24.5 Å². The number of carbonyl (C=O) groups excluding carboxylic acids is 1. The Kier molecular flexibility index (Phi) is 4.80. The molecule has 0 aliphatic carbocycles. The third-order valence-electron chi connectivity index (χ3n) is 4.17. The number of hydrogen-bond donors (Lipinski definition) is 0. The number of halogens is 1. The Morgan fingerprint density at radius 1 is 1.15 bits per heavy atom. The first kappa shape index (κ1) is 17.2. The molecule has 2 heterocycles. The fraction of sp³-hybridized carbons (Fsp3) is 0.143. The highest BCUT2D eigenvalue weighted by molar-refractivity contribution is 5.89. The maximum absolute atomic E-state index is 14.0. The number of benzene rings is 2. The molecule has 0 saturated heterocycles. The molecule has 4 rings (SSSR count). The van der Waals surface area contributed by atoms with Crippen molar-refractivity contribution in [2.45, 2.75) is 19.5 Å². The summed E-state index contributed by atoms with van der Waals surface area (Å²) < 4.78 is 30.9. The Labute approximate surface area is 155 Å². The van der Waals surface area contributed by atoms with E-state index in [4.69, 9.17) is 14.2 Å². The van der Waals surface area contributed by atoms with Crippen LogP contribution in [0.1, 0.15) is 33.3 Å². The lowest BCUT2D eigenvalue weighted by atomic mass is 10.1. The van der Waals surface area contributed by atoms with Gasteiger partial charge < -0.3 is 14.2 Å². The third-order valence-corrected chi connectivity index (χ3v) is 4.17. The van der Waals surface area contributed by atoms with Gasteiger partial charge in [0.2, 0.25) is 6.29 Å². The molecular formula is C21H16FNO4. The molecule has 6 heteroatoms. The smallest absolute Gasteiger partial charge is 0.338 e. The van der Waals surface area contributed by atoms with Gasteiger partial charge in [-0.2, -0.15) is 0 Å². The van der Waals surface area contributed by atoms with Gasteiger partial charge in [0.05, 0.1) is 12.2 Å². The molecule has 27 heavy (non-hydrogen) atoms. The summed E-state index contributed by atoms with van der Waals surface area (Å²) in [7, 11) is 0. The summed E-state index contributed by atoms with van der Waals surface area (Å²) in [6.45, 7) is 0.0979. The number of ether oxygens (including phenoxy) is 3. The number of fused-ring (bicyclic) bond motifs is 1. The summed E-state index contributed by atoms with van der Waals surface area (Å²) in [4.78, 5) is 16.0. The molecular weight excluding hydrogens is 349 g/mol.